The Kier molecular flexibility index (Phi) is 5.88. The van der Waals surface area contributed by atoms with Crippen LogP contribution in [0.5, 0.6) is 0 Å². The largest absolute Gasteiger partial charge is 0.312 e. The normalized spacial score (nSPS) is 27.9. The summed E-state index contributed by atoms with van der Waals surface area (Å²) in [6, 6.07) is 0.729. The van der Waals surface area contributed by atoms with Gasteiger partial charge in [0.05, 0.1) is 0 Å². The molecule has 2 fully saturated rings. The van der Waals surface area contributed by atoms with Crippen LogP contribution in [0.15, 0.2) is 0 Å². The Morgan fingerprint density at radius 1 is 1.10 bits per heavy atom. The van der Waals surface area contributed by atoms with Crippen molar-refractivity contribution in [3.8, 4) is 0 Å². The van der Waals surface area contributed by atoms with E-state index in [4.69, 9.17) is 0 Å². The van der Waals surface area contributed by atoms with Crippen LogP contribution in [0.2, 0.25) is 0 Å². The van der Waals surface area contributed by atoms with E-state index in [1.165, 1.54) is 65.0 Å². The number of likely N-dealkylation sites (tertiary alicyclic amines) is 2. The van der Waals surface area contributed by atoms with Crippen LogP contribution in [0.25, 0.3) is 0 Å². The van der Waals surface area contributed by atoms with E-state index in [1.54, 1.807) is 0 Å². The highest BCUT2D eigenvalue weighted by atomic mass is 15.2. The van der Waals surface area contributed by atoms with Crippen molar-refractivity contribution in [3.63, 3.8) is 0 Å². The minimum Gasteiger partial charge on any atom is -0.312 e. The summed E-state index contributed by atoms with van der Waals surface area (Å²) in [5.41, 5.74) is 0.257. The minimum atomic E-state index is 0.257. The van der Waals surface area contributed by atoms with Crippen molar-refractivity contribution in [2.75, 3.05) is 39.3 Å². The number of rotatable bonds is 5. The van der Waals surface area contributed by atoms with E-state index in [0.29, 0.717) is 0 Å². The van der Waals surface area contributed by atoms with Gasteiger partial charge in [-0.3, -0.25) is 4.90 Å². The molecule has 3 nitrogen and oxygen atoms in total. The smallest absolute Gasteiger partial charge is 0.0195 e. The molecule has 0 aromatic rings. The van der Waals surface area contributed by atoms with Gasteiger partial charge in [-0.15, -0.1) is 0 Å². The summed E-state index contributed by atoms with van der Waals surface area (Å²) in [5, 5.41) is 3.67. The Morgan fingerprint density at radius 2 is 1.80 bits per heavy atom. The average molecular weight is 281 g/mol. The third kappa shape index (κ3) is 5.34. The van der Waals surface area contributed by atoms with E-state index in [1.807, 2.05) is 0 Å². The van der Waals surface area contributed by atoms with Gasteiger partial charge in [-0.2, -0.15) is 0 Å². The van der Waals surface area contributed by atoms with Gasteiger partial charge in [0.2, 0.25) is 0 Å². The molecule has 3 heteroatoms. The molecule has 0 aromatic carbocycles. The molecule has 2 aliphatic heterocycles. The van der Waals surface area contributed by atoms with Gasteiger partial charge in [-0.05, 0) is 79.1 Å². The number of nitrogens with one attached hydrogen (secondary N) is 1. The van der Waals surface area contributed by atoms with Gasteiger partial charge in [-0.25, -0.2) is 0 Å². The van der Waals surface area contributed by atoms with Gasteiger partial charge < -0.3 is 10.2 Å². The number of hydrogen-bond acceptors (Lipinski definition) is 3. The van der Waals surface area contributed by atoms with Crippen LogP contribution in [0, 0.1) is 5.92 Å². The fourth-order valence-electron chi connectivity index (χ4n) is 3.51. The van der Waals surface area contributed by atoms with Crippen LogP contribution in [0.4, 0.5) is 0 Å². The van der Waals surface area contributed by atoms with Gasteiger partial charge in [0.25, 0.3) is 0 Å². The first-order valence-corrected chi connectivity index (χ1v) is 8.65. The number of piperidine rings is 1. The van der Waals surface area contributed by atoms with Crippen LogP contribution in [-0.4, -0.2) is 60.6 Å². The van der Waals surface area contributed by atoms with Crippen LogP contribution >= 0.6 is 0 Å². The van der Waals surface area contributed by atoms with Gasteiger partial charge in [0.15, 0.2) is 0 Å². The van der Waals surface area contributed by atoms with Gasteiger partial charge in [0, 0.05) is 24.7 Å². The predicted molar refractivity (Wildman–Crippen MR) is 87.2 cm³/mol. The zero-order valence-electron chi connectivity index (χ0n) is 14.1. The fraction of sp³-hybridized carbons (Fsp3) is 1.00. The van der Waals surface area contributed by atoms with E-state index in [2.05, 4.69) is 42.8 Å². The van der Waals surface area contributed by atoms with Gasteiger partial charge in [0.1, 0.15) is 0 Å². The van der Waals surface area contributed by atoms with Crippen molar-refractivity contribution in [1.29, 1.82) is 0 Å². The number of hydrogen-bond donors (Lipinski definition) is 1. The Hall–Kier alpha value is -0.120. The first kappa shape index (κ1) is 16.3. The summed E-state index contributed by atoms with van der Waals surface area (Å²) < 4.78 is 0. The third-order valence-corrected chi connectivity index (χ3v) is 4.83. The molecule has 2 unspecified atom stereocenters. The molecule has 2 atom stereocenters. The van der Waals surface area contributed by atoms with Crippen molar-refractivity contribution in [3.05, 3.63) is 0 Å². The number of nitrogens with zero attached hydrogens (tertiary/aromatic N) is 2. The predicted octanol–water partition coefficient (Wildman–Crippen LogP) is 2.57. The first-order chi connectivity index (χ1) is 9.44. The fourth-order valence-corrected chi connectivity index (χ4v) is 3.51. The molecule has 0 radical (unpaired) electrons. The standard InChI is InChI=1S/C17H35N3/c1-15(13-19-9-6-5-7-10-19)20-11-8-16(14-20)12-18-17(2,3)4/h15-16,18H,5-14H2,1-4H3. The maximum Gasteiger partial charge on any atom is 0.0195 e. The Bertz CT molecular complexity index is 278. The summed E-state index contributed by atoms with van der Waals surface area (Å²) in [6.07, 6.45) is 5.62. The molecule has 2 heterocycles. The van der Waals surface area contributed by atoms with E-state index in [9.17, 15) is 0 Å². The van der Waals surface area contributed by atoms with Crippen molar-refractivity contribution < 1.29 is 0 Å². The molecule has 2 aliphatic rings. The molecule has 1 N–H and O–H groups in total. The van der Waals surface area contributed by atoms with Gasteiger partial charge in [-0.1, -0.05) is 6.42 Å². The summed E-state index contributed by atoms with van der Waals surface area (Å²) in [4.78, 5) is 5.39. The summed E-state index contributed by atoms with van der Waals surface area (Å²) >= 11 is 0. The second kappa shape index (κ2) is 7.24. The van der Waals surface area contributed by atoms with Crippen molar-refractivity contribution in [1.82, 2.24) is 15.1 Å². The van der Waals surface area contributed by atoms with Crippen molar-refractivity contribution in [2.24, 2.45) is 5.92 Å². The maximum atomic E-state index is 3.67. The van der Waals surface area contributed by atoms with E-state index >= 15 is 0 Å². The Morgan fingerprint density at radius 3 is 2.45 bits per heavy atom. The molecule has 0 saturated carbocycles. The van der Waals surface area contributed by atoms with E-state index < -0.39 is 0 Å². The molecule has 2 saturated heterocycles. The Labute approximate surface area is 126 Å². The highest BCUT2D eigenvalue weighted by Gasteiger charge is 2.27. The van der Waals surface area contributed by atoms with E-state index in [-0.39, 0.29) is 5.54 Å². The maximum absolute atomic E-state index is 3.67. The van der Waals surface area contributed by atoms with Gasteiger partial charge >= 0.3 is 0 Å². The summed E-state index contributed by atoms with van der Waals surface area (Å²) in [6.45, 7) is 16.9. The Balaban J connectivity index is 1.68. The van der Waals surface area contributed by atoms with Crippen LogP contribution < -0.4 is 5.32 Å². The first-order valence-electron chi connectivity index (χ1n) is 8.65. The van der Waals surface area contributed by atoms with Crippen molar-refractivity contribution >= 4 is 0 Å². The lowest BCUT2D eigenvalue weighted by Gasteiger charge is -2.33. The van der Waals surface area contributed by atoms with Crippen LogP contribution in [0.1, 0.15) is 53.4 Å². The second-order valence-corrected chi connectivity index (χ2v) is 7.99. The average Bonchev–Trinajstić information content (AvgIpc) is 2.86. The quantitative estimate of drug-likeness (QED) is 0.835. The molecule has 0 amide bonds. The molecular formula is C17H35N3. The summed E-state index contributed by atoms with van der Waals surface area (Å²) in [7, 11) is 0. The third-order valence-electron chi connectivity index (χ3n) is 4.83. The highest BCUT2D eigenvalue weighted by Crippen LogP contribution is 2.20. The lowest BCUT2D eigenvalue weighted by Crippen LogP contribution is -2.44. The van der Waals surface area contributed by atoms with Crippen LogP contribution in [-0.2, 0) is 0 Å². The molecule has 118 valence electrons. The molecule has 2 rings (SSSR count). The molecule has 20 heavy (non-hydrogen) atoms. The highest BCUT2D eigenvalue weighted by molar-refractivity contribution is 4.84. The summed E-state index contributed by atoms with van der Waals surface area (Å²) in [5.74, 6) is 0.845. The van der Waals surface area contributed by atoms with Crippen LogP contribution in [0.3, 0.4) is 0 Å². The zero-order valence-corrected chi connectivity index (χ0v) is 14.1. The van der Waals surface area contributed by atoms with E-state index in [0.717, 1.165) is 12.0 Å². The zero-order chi connectivity index (χ0) is 14.6. The van der Waals surface area contributed by atoms with Crippen molar-refractivity contribution in [2.45, 2.75) is 65.0 Å². The SMILES string of the molecule is CC(CN1CCCCC1)N1CCC(CNC(C)(C)C)C1. The second-order valence-electron chi connectivity index (χ2n) is 7.99. The monoisotopic (exact) mass is 281 g/mol. The minimum absolute atomic E-state index is 0.257. The molecule has 0 spiro atoms. The molecule has 0 aliphatic carbocycles. The molecule has 0 bridgehead atoms. The lowest BCUT2D eigenvalue weighted by atomic mass is 10.1. The topological polar surface area (TPSA) is 18.5 Å². The molecular weight excluding hydrogens is 246 g/mol. The lowest BCUT2D eigenvalue weighted by molar-refractivity contribution is 0.149. The molecule has 0 aromatic heterocycles.